The smallest absolute Gasteiger partial charge is 0.249 e. The number of thioether (sulfide) groups is 1. The lowest BCUT2D eigenvalue weighted by Gasteiger charge is -2.27. The maximum atomic E-state index is 13.2. The quantitative estimate of drug-likeness (QED) is 0.0886. The van der Waals surface area contributed by atoms with E-state index in [0.29, 0.717) is 11.1 Å². The Hall–Kier alpha value is -4.22. The van der Waals surface area contributed by atoms with Crippen LogP contribution in [0.15, 0.2) is 48.5 Å². The molecule has 0 aliphatic rings. The first kappa shape index (κ1) is 38.0. The van der Waals surface area contributed by atoms with Gasteiger partial charge in [-0.05, 0) is 35.4 Å². The molecule has 2 aromatic carbocycles. The van der Waals surface area contributed by atoms with E-state index in [1.54, 1.807) is 0 Å². The Bertz CT molecular complexity index is 1340. The molecular weight excluding hydrogens is 622 g/mol. The molecule has 16 heteroatoms. The Morgan fingerprint density at radius 2 is 1.37 bits per heavy atom. The van der Waals surface area contributed by atoms with E-state index in [-0.39, 0.29) is 36.8 Å². The molecule has 4 amide bonds. The molecule has 46 heavy (non-hydrogen) atoms. The number of amides is 4. The van der Waals surface area contributed by atoms with Gasteiger partial charge in [-0.3, -0.25) is 24.0 Å². The number of phenols is 2. The van der Waals surface area contributed by atoms with Gasteiger partial charge in [0.15, 0.2) is 0 Å². The molecule has 11 N–H and O–H groups in total. The summed E-state index contributed by atoms with van der Waals surface area (Å²) in [6, 6.07) is 7.06. The zero-order valence-corrected chi connectivity index (χ0v) is 26.3. The number of nitrogens with two attached hydrogens (primary N) is 1. The number of phenolic OH excluding ortho intramolecular Hbond substituents is 2. The molecule has 0 aromatic heterocycles. The van der Waals surface area contributed by atoms with Crippen molar-refractivity contribution in [1.82, 2.24) is 21.3 Å². The Morgan fingerprint density at radius 3 is 1.91 bits per heavy atom. The molecule has 0 heterocycles. The van der Waals surface area contributed by atoms with Crippen LogP contribution in [-0.2, 0) is 24.0 Å². The van der Waals surface area contributed by atoms with E-state index in [0.717, 1.165) is 11.8 Å². The molecule has 2 aromatic rings. The Kier molecular flexibility index (Phi) is 14.9. The van der Waals surface area contributed by atoms with E-state index in [9.17, 15) is 49.5 Å². The molecule has 0 radical (unpaired) electrons. The first-order valence-corrected chi connectivity index (χ1v) is 15.2. The predicted molar refractivity (Wildman–Crippen MR) is 168 cm³/mol. The summed E-state index contributed by atoms with van der Waals surface area (Å²) < 4.78 is 0. The molecule has 0 spiro atoms. The van der Waals surface area contributed by atoms with Crippen LogP contribution < -0.4 is 27.0 Å². The van der Waals surface area contributed by atoms with Crippen molar-refractivity contribution in [2.45, 2.75) is 44.5 Å². The average molecular weight is 664 g/mol. The van der Waals surface area contributed by atoms with Gasteiger partial charge in [0.05, 0.1) is 13.2 Å². The zero-order valence-electron chi connectivity index (χ0n) is 25.4. The van der Waals surface area contributed by atoms with Crippen molar-refractivity contribution in [3.63, 3.8) is 0 Å². The van der Waals surface area contributed by atoms with Gasteiger partial charge in [-0.15, -0.1) is 0 Å². The summed E-state index contributed by atoms with van der Waals surface area (Å²) in [5, 5.41) is 57.5. The highest BCUT2D eigenvalue weighted by Crippen LogP contribution is 2.23. The molecule has 4 atom stereocenters. The number of aliphatic hydroxyl groups is 3. The van der Waals surface area contributed by atoms with Gasteiger partial charge < -0.3 is 52.5 Å². The van der Waals surface area contributed by atoms with Crippen LogP contribution in [0.25, 0.3) is 0 Å². The summed E-state index contributed by atoms with van der Waals surface area (Å²) >= 11 is 0.794. The molecule has 0 saturated carbocycles. The van der Waals surface area contributed by atoms with Gasteiger partial charge in [-0.1, -0.05) is 49.9 Å². The zero-order chi connectivity index (χ0) is 34.4. The highest BCUT2D eigenvalue weighted by molar-refractivity contribution is 8.13. The minimum atomic E-state index is -1.47. The van der Waals surface area contributed by atoms with Crippen LogP contribution in [-0.4, -0.2) is 98.5 Å². The fourth-order valence-electron chi connectivity index (χ4n) is 3.83. The SMILES string of the molecule is CC(C)(CO)[C@@H](O)C(=O)NCCC(=O)NCCSC(=O)[C@@H](NC(=O)[C@H](CO)NC(=O)[C@H](N)c1ccc(O)cc1)c1ccc(O)cc1. The van der Waals surface area contributed by atoms with Crippen molar-refractivity contribution in [3.8, 4) is 11.5 Å². The highest BCUT2D eigenvalue weighted by atomic mass is 32.2. The van der Waals surface area contributed by atoms with Gasteiger partial charge in [0, 0.05) is 30.7 Å². The maximum Gasteiger partial charge on any atom is 0.249 e. The molecule has 0 aliphatic heterocycles. The van der Waals surface area contributed by atoms with E-state index in [1.165, 1.54) is 62.4 Å². The van der Waals surface area contributed by atoms with Gasteiger partial charge in [0.1, 0.15) is 35.7 Å². The summed E-state index contributed by atoms with van der Waals surface area (Å²) in [5.41, 5.74) is 5.55. The summed E-state index contributed by atoms with van der Waals surface area (Å²) in [5.74, 6) is -2.84. The van der Waals surface area contributed by atoms with Crippen molar-refractivity contribution in [1.29, 1.82) is 0 Å². The third kappa shape index (κ3) is 11.6. The maximum absolute atomic E-state index is 13.2. The molecule has 0 saturated heterocycles. The number of nitrogens with one attached hydrogen (secondary N) is 4. The summed E-state index contributed by atoms with van der Waals surface area (Å²) in [6.07, 6.45) is -1.56. The molecule has 0 unspecified atom stereocenters. The van der Waals surface area contributed by atoms with Gasteiger partial charge in [0.25, 0.3) is 0 Å². The minimum absolute atomic E-state index is 0.0313. The highest BCUT2D eigenvalue weighted by Gasteiger charge is 2.33. The summed E-state index contributed by atoms with van der Waals surface area (Å²) in [6.45, 7) is 1.80. The van der Waals surface area contributed by atoms with Crippen LogP contribution in [0, 0.1) is 5.41 Å². The first-order chi connectivity index (χ1) is 21.7. The van der Waals surface area contributed by atoms with Crippen LogP contribution in [0.5, 0.6) is 11.5 Å². The van der Waals surface area contributed by atoms with Crippen LogP contribution in [0.4, 0.5) is 0 Å². The van der Waals surface area contributed by atoms with Crippen LogP contribution >= 0.6 is 11.8 Å². The number of hydrogen-bond donors (Lipinski definition) is 10. The standard InChI is InChI=1S/C30H41N5O10S/c1-30(2,16-37)25(41)28(44)33-12-11-22(40)32-13-14-46-29(45)24(18-5-9-20(39)10-6-18)35-26(42)21(15-36)34-27(43)23(31)17-3-7-19(38)8-4-17/h3-10,21,23-25,36-39,41H,11-16,31H2,1-2H3,(H,32,40)(H,33,44)(H,34,43)(H,35,42)/t21-,23+,24-,25-/m0/s1. The van der Waals surface area contributed by atoms with Crippen LogP contribution in [0.1, 0.15) is 43.5 Å². The normalized spacial score (nSPS) is 13.9. The lowest BCUT2D eigenvalue weighted by atomic mass is 9.87. The van der Waals surface area contributed by atoms with Crippen molar-refractivity contribution in [2.24, 2.45) is 11.1 Å². The molecule has 2 rings (SSSR count). The lowest BCUT2D eigenvalue weighted by molar-refractivity contribution is -0.137. The molecule has 252 valence electrons. The number of carbonyl (C=O) groups excluding carboxylic acids is 5. The number of carbonyl (C=O) groups is 5. The second-order valence-corrected chi connectivity index (χ2v) is 12.1. The first-order valence-electron chi connectivity index (χ1n) is 14.2. The number of benzene rings is 2. The third-order valence-electron chi connectivity index (χ3n) is 6.81. The van der Waals surface area contributed by atoms with Gasteiger partial charge in [-0.25, -0.2) is 0 Å². The fourth-order valence-corrected chi connectivity index (χ4v) is 4.59. The topological polar surface area (TPSA) is 261 Å². The number of hydrogen-bond acceptors (Lipinski definition) is 12. The number of aliphatic hydroxyl groups excluding tert-OH is 3. The van der Waals surface area contributed by atoms with Crippen molar-refractivity contribution in [2.75, 3.05) is 32.1 Å². The van der Waals surface area contributed by atoms with Crippen LogP contribution in [0.3, 0.4) is 0 Å². The molecular formula is C30H41N5O10S. The fraction of sp³-hybridized carbons (Fsp3) is 0.433. The van der Waals surface area contributed by atoms with Gasteiger partial charge in [-0.2, -0.15) is 0 Å². The largest absolute Gasteiger partial charge is 0.508 e. The average Bonchev–Trinajstić information content (AvgIpc) is 3.04. The lowest BCUT2D eigenvalue weighted by Crippen LogP contribution is -2.52. The van der Waals surface area contributed by atoms with E-state index in [2.05, 4.69) is 21.3 Å². The minimum Gasteiger partial charge on any atom is -0.508 e. The Morgan fingerprint density at radius 1 is 0.804 bits per heavy atom. The Balaban J connectivity index is 1.94. The summed E-state index contributed by atoms with van der Waals surface area (Å²) in [7, 11) is 0. The van der Waals surface area contributed by atoms with Crippen LogP contribution in [0.2, 0.25) is 0 Å². The van der Waals surface area contributed by atoms with Crippen molar-refractivity contribution in [3.05, 3.63) is 59.7 Å². The molecule has 0 fully saturated rings. The predicted octanol–water partition coefficient (Wildman–Crippen LogP) is -1.31. The van der Waals surface area contributed by atoms with Gasteiger partial charge >= 0.3 is 0 Å². The van der Waals surface area contributed by atoms with E-state index >= 15 is 0 Å². The van der Waals surface area contributed by atoms with E-state index < -0.39 is 71.6 Å². The summed E-state index contributed by atoms with van der Waals surface area (Å²) in [4.78, 5) is 63.1. The van der Waals surface area contributed by atoms with E-state index in [4.69, 9.17) is 5.73 Å². The molecule has 15 nitrogen and oxygen atoms in total. The van der Waals surface area contributed by atoms with Crippen molar-refractivity contribution < 1.29 is 49.5 Å². The van der Waals surface area contributed by atoms with Crippen molar-refractivity contribution >= 4 is 40.5 Å². The van der Waals surface area contributed by atoms with E-state index in [1.807, 2.05) is 0 Å². The molecule has 0 aliphatic carbocycles. The van der Waals surface area contributed by atoms with Gasteiger partial charge in [0.2, 0.25) is 28.7 Å². The number of aromatic hydroxyl groups is 2. The molecule has 0 bridgehead atoms. The second-order valence-electron chi connectivity index (χ2n) is 11.0. The second kappa shape index (κ2) is 18.1. The third-order valence-corrected chi connectivity index (χ3v) is 7.74. The Labute approximate surface area is 269 Å². The number of rotatable bonds is 17. The monoisotopic (exact) mass is 663 g/mol.